The van der Waals surface area contributed by atoms with Crippen molar-refractivity contribution in [3.8, 4) is 5.75 Å². The Morgan fingerprint density at radius 3 is 2.17 bits per heavy atom. The Bertz CT molecular complexity index is 1420. The summed E-state index contributed by atoms with van der Waals surface area (Å²) < 4.78 is 32.5. The largest absolute Gasteiger partial charge is 0.494 e. The molecule has 0 aromatic heterocycles. The van der Waals surface area contributed by atoms with Crippen LogP contribution in [0.3, 0.4) is 0 Å². The van der Waals surface area contributed by atoms with Crippen LogP contribution in [0.1, 0.15) is 49.3 Å². The second kappa shape index (κ2) is 14.4. The molecule has 9 heteroatoms. The average molecular weight is 592 g/mol. The molecule has 3 aromatic rings. The molecule has 0 heterocycles. The van der Waals surface area contributed by atoms with Gasteiger partial charge in [0, 0.05) is 19.0 Å². The van der Waals surface area contributed by atoms with E-state index in [4.69, 9.17) is 4.74 Å². The quantitative estimate of drug-likeness (QED) is 0.306. The summed E-state index contributed by atoms with van der Waals surface area (Å²) in [5.41, 5.74) is 3.19. The lowest BCUT2D eigenvalue weighted by atomic mass is 10.0. The fourth-order valence-electron chi connectivity index (χ4n) is 5.30. The van der Waals surface area contributed by atoms with Crippen molar-refractivity contribution in [3.05, 3.63) is 95.6 Å². The predicted octanol–water partition coefficient (Wildman–Crippen LogP) is 4.86. The number of ether oxygens (including phenoxy) is 1. The minimum Gasteiger partial charge on any atom is -0.494 e. The first-order valence-electron chi connectivity index (χ1n) is 14.5. The normalized spacial score (nSPS) is 14.3. The van der Waals surface area contributed by atoms with E-state index in [0.29, 0.717) is 24.5 Å². The van der Waals surface area contributed by atoms with E-state index in [0.717, 1.165) is 52.9 Å². The molecule has 4 rings (SSSR count). The van der Waals surface area contributed by atoms with Crippen molar-refractivity contribution in [2.24, 2.45) is 0 Å². The zero-order valence-electron chi connectivity index (χ0n) is 24.7. The van der Waals surface area contributed by atoms with E-state index in [9.17, 15) is 18.0 Å². The minimum absolute atomic E-state index is 0.0727. The number of rotatable bonds is 13. The molecule has 0 unspecified atom stereocenters. The molecule has 0 bridgehead atoms. The maximum atomic E-state index is 14.2. The lowest BCUT2D eigenvalue weighted by molar-refractivity contribution is -0.140. The number of hydrogen-bond donors (Lipinski definition) is 1. The van der Waals surface area contributed by atoms with Crippen LogP contribution < -0.4 is 14.4 Å². The van der Waals surface area contributed by atoms with E-state index >= 15 is 0 Å². The van der Waals surface area contributed by atoms with Gasteiger partial charge in [0.1, 0.15) is 18.3 Å². The fraction of sp³-hybridized carbons (Fsp3) is 0.394. The molecule has 1 saturated carbocycles. The predicted molar refractivity (Wildman–Crippen MR) is 166 cm³/mol. The van der Waals surface area contributed by atoms with Gasteiger partial charge in [0.2, 0.25) is 21.8 Å². The van der Waals surface area contributed by atoms with Gasteiger partial charge in [-0.25, -0.2) is 8.42 Å². The van der Waals surface area contributed by atoms with Crippen molar-refractivity contribution < 1.29 is 22.7 Å². The Morgan fingerprint density at radius 2 is 1.57 bits per heavy atom. The van der Waals surface area contributed by atoms with Gasteiger partial charge in [-0.2, -0.15) is 0 Å². The molecule has 0 spiro atoms. The number of carbonyl (C=O) groups excluding carboxylic acids is 2. The molecule has 224 valence electrons. The zero-order valence-corrected chi connectivity index (χ0v) is 25.5. The first-order chi connectivity index (χ1) is 20.1. The number of nitrogens with zero attached hydrogens (tertiary/aromatic N) is 2. The Hall–Kier alpha value is -3.85. The van der Waals surface area contributed by atoms with Gasteiger partial charge < -0.3 is 15.0 Å². The number of nitrogens with one attached hydrogen (secondary N) is 1. The molecule has 0 saturated heterocycles. The first-order valence-corrected chi connectivity index (χ1v) is 16.4. The third kappa shape index (κ3) is 8.58. The topological polar surface area (TPSA) is 96.0 Å². The highest BCUT2D eigenvalue weighted by Crippen LogP contribution is 2.24. The molecule has 1 fully saturated rings. The first kappa shape index (κ1) is 31.1. The highest BCUT2D eigenvalue weighted by atomic mass is 32.2. The van der Waals surface area contributed by atoms with Crippen molar-refractivity contribution in [2.45, 2.75) is 64.6 Å². The summed E-state index contributed by atoms with van der Waals surface area (Å²) >= 11 is 0. The van der Waals surface area contributed by atoms with Crippen LogP contribution in [0.4, 0.5) is 5.69 Å². The SMILES string of the molecule is CCOc1ccc(N(CC(=O)N(Cc2ccc(C)cc2)[C@H](Cc2ccccc2)C(=O)NC2CCCC2)S(C)(=O)=O)cc1. The van der Waals surface area contributed by atoms with Crippen molar-refractivity contribution >= 4 is 27.5 Å². The van der Waals surface area contributed by atoms with E-state index < -0.39 is 28.5 Å². The van der Waals surface area contributed by atoms with Crippen LogP contribution >= 0.6 is 0 Å². The van der Waals surface area contributed by atoms with Gasteiger partial charge in [-0.15, -0.1) is 0 Å². The molecule has 1 aliphatic rings. The van der Waals surface area contributed by atoms with Gasteiger partial charge in [-0.05, 0) is 62.1 Å². The monoisotopic (exact) mass is 591 g/mol. The highest BCUT2D eigenvalue weighted by Gasteiger charge is 2.34. The van der Waals surface area contributed by atoms with Gasteiger partial charge >= 0.3 is 0 Å². The number of aryl methyl sites for hydroxylation is 1. The molecule has 0 radical (unpaired) electrons. The summed E-state index contributed by atoms with van der Waals surface area (Å²) in [5, 5.41) is 3.18. The van der Waals surface area contributed by atoms with Crippen LogP contribution in [-0.2, 0) is 32.6 Å². The number of sulfonamides is 1. The lowest BCUT2D eigenvalue weighted by Crippen LogP contribution is -2.54. The number of amides is 2. The maximum Gasteiger partial charge on any atom is 0.244 e. The Morgan fingerprint density at radius 1 is 0.929 bits per heavy atom. The Labute approximate surface area is 249 Å². The zero-order chi connectivity index (χ0) is 30.1. The molecule has 2 amide bonds. The van der Waals surface area contributed by atoms with Crippen LogP contribution in [0.5, 0.6) is 5.75 Å². The fourth-order valence-corrected chi connectivity index (χ4v) is 6.15. The molecule has 1 atom stereocenters. The van der Waals surface area contributed by atoms with E-state index in [-0.39, 0.29) is 18.5 Å². The van der Waals surface area contributed by atoms with E-state index in [1.54, 1.807) is 24.3 Å². The van der Waals surface area contributed by atoms with Gasteiger partial charge in [0.05, 0.1) is 18.6 Å². The van der Waals surface area contributed by atoms with Gasteiger partial charge in [0.15, 0.2) is 0 Å². The van der Waals surface area contributed by atoms with E-state index in [2.05, 4.69) is 5.32 Å². The highest BCUT2D eigenvalue weighted by molar-refractivity contribution is 7.92. The van der Waals surface area contributed by atoms with Gasteiger partial charge in [0.25, 0.3) is 0 Å². The summed E-state index contributed by atoms with van der Waals surface area (Å²) in [6, 6.07) is 23.2. The number of benzene rings is 3. The molecular formula is C33H41N3O5S. The molecule has 1 N–H and O–H groups in total. The Kier molecular flexibility index (Phi) is 10.6. The maximum absolute atomic E-state index is 14.2. The summed E-state index contributed by atoms with van der Waals surface area (Å²) in [4.78, 5) is 29.6. The summed E-state index contributed by atoms with van der Waals surface area (Å²) in [6.07, 6.45) is 5.33. The van der Waals surface area contributed by atoms with Crippen LogP contribution in [0.25, 0.3) is 0 Å². The van der Waals surface area contributed by atoms with E-state index in [1.165, 1.54) is 4.90 Å². The molecule has 42 heavy (non-hydrogen) atoms. The Balaban J connectivity index is 1.70. The number of carbonyl (C=O) groups is 2. The van der Waals surface area contributed by atoms with Crippen LogP contribution in [0.15, 0.2) is 78.9 Å². The van der Waals surface area contributed by atoms with Crippen molar-refractivity contribution in [2.75, 3.05) is 23.7 Å². The van der Waals surface area contributed by atoms with Crippen LogP contribution in [0.2, 0.25) is 0 Å². The number of hydrogen-bond acceptors (Lipinski definition) is 5. The van der Waals surface area contributed by atoms with E-state index in [1.807, 2.05) is 68.4 Å². The van der Waals surface area contributed by atoms with Crippen molar-refractivity contribution in [1.29, 1.82) is 0 Å². The van der Waals surface area contributed by atoms with Gasteiger partial charge in [-0.3, -0.25) is 13.9 Å². The van der Waals surface area contributed by atoms with Crippen molar-refractivity contribution in [1.82, 2.24) is 10.2 Å². The smallest absolute Gasteiger partial charge is 0.244 e. The second-order valence-electron chi connectivity index (χ2n) is 10.9. The molecule has 3 aromatic carbocycles. The second-order valence-corrected chi connectivity index (χ2v) is 12.8. The van der Waals surface area contributed by atoms with Gasteiger partial charge in [-0.1, -0.05) is 73.0 Å². The third-order valence-corrected chi connectivity index (χ3v) is 8.70. The summed E-state index contributed by atoms with van der Waals surface area (Å²) in [5.74, 6) is -0.0795. The standard InChI is InChI=1S/C33H41N3O5S/c1-4-41-30-20-18-29(19-21-30)36(42(3,39)40)24-32(37)35(23-27-16-14-25(2)15-17-27)31(22-26-10-6-5-7-11-26)33(38)34-28-12-8-9-13-28/h5-7,10-11,14-21,28,31H,4,8-9,12-13,22-24H2,1-3H3,(H,34,38)/t31-/m1/s1. The molecule has 1 aliphatic carbocycles. The minimum atomic E-state index is -3.83. The van der Waals surface area contributed by atoms with Crippen LogP contribution in [0, 0.1) is 6.92 Å². The third-order valence-electron chi connectivity index (χ3n) is 7.56. The number of anilines is 1. The molecular weight excluding hydrogens is 550 g/mol. The summed E-state index contributed by atoms with van der Waals surface area (Å²) in [6.45, 7) is 4.05. The van der Waals surface area contributed by atoms with Crippen LogP contribution in [-0.4, -0.2) is 56.6 Å². The average Bonchev–Trinajstić information content (AvgIpc) is 3.48. The lowest BCUT2D eigenvalue weighted by Gasteiger charge is -2.34. The summed E-state index contributed by atoms with van der Waals surface area (Å²) in [7, 11) is -3.83. The molecule has 0 aliphatic heterocycles. The van der Waals surface area contributed by atoms with Crippen molar-refractivity contribution in [3.63, 3.8) is 0 Å². The molecule has 8 nitrogen and oxygen atoms in total.